The number of pyridine rings is 1. The third kappa shape index (κ3) is 3.23. The first kappa shape index (κ1) is 16.5. The molecule has 6 heteroatoms. The zero-order valence-corrected chi connectivity index (χ0v) is 14.6. The molecule has 132 valence electrons. The van der Waals surface area contributed by atoms with Crippen LogP contribution in [0, 0.1) is 0 Å². The lowest BCUT2D eigenvalue weighted by molar-refractivity contribution is 0.0390. The van der Waals surface area contributed by atoms with Gasteiger partial charge in [-0.15, -0.1) is 0 Å². The average Bonchev–Trinajstić information content (AvgIpc) is 2.71. The van der Waals surface area contributed by atoms with Crippen molar-refractivity contribution in [1.82, 2.24) is 14.5 Å². The highest BCUT2D eigenvalue weighted by Crippen LogP contribution is 2.25. The van der Waals surface area contributed by atoms with Gasteiger partial charge in [-0.25, -0.2) is 4.98 Å². The van der Waals surface area contributed by atoms with Gasteiger partial charge in [0.25, 0.3) is 5.56 Å². The molecule has 3 aromatic rings. The maximum Gasteiger partial charge on any atom is 0.255 e. The summed E-state index contributed by atoms with van der Waals surface area (Å²) in [5.74, 6) is 0.661. The first-order valence-electron chi connectivity index (χ1n) is 8.62. The van der Waals surface area contributed by atoms with Gasteiger partial charge in [-0.1, -0.05) is 30.3 Å². The Bertz CT molecular complexity index is 941. The van der Waals surface area contributed by atoms with Gasteiger partial charge in [0.2, 0.25) is 5.95 Å². The minimum absolute atomic E-state index is 0.0357. The van der Waals surface area contributed by atoms with E-state index in [0.29, 0.717) is 31.3 Å². The molecule has 3 heterocycles. The van der Waals surface area contributed by atoms with Crippen LogP contribution >= 0.6 is 0 Å². The molecule has 0 unspecified atom stereocenters. The highest BCUT2D eigenvalue weighted by atomic mass is 16.5. The van der Waals surface area contributed by atoms with Gasteiger partial charge in [-0.2, -0.15) is 0 Å². The molecular weight excluding hydrogens is 328 g/mol. The van der Waals surface area contributed by atoms with Crippen molar-refractivity contribution in [3.8, 4) is 11.3 Å². The fraction of sp³-hybridized carbons (Fsp3) is 0.250. The van der Waals surface area contributed by atoms with Crippen molar-refractivity contribution >= 4 is 5.95 Å². The Labute approximate surface area is 151 Å². The van der Waals surface area contributed by atoms with Crippen molar-refractivity contribution < 1.29 is 4.74 Å². The molecular formula is C20H20N4O2. The lowest BCUT2D eigenvalue weighted by Gasteiger charge is -2.34. The predicted octanol–water partition coefficient (Wildman–Crippen LogP) is 2.42. The summed E-state index contributed by atoms with van der Waals surface area (Å²) in [6.07, 6.45) is 3.37. The second kappa shape index (κ2) is 7.09. The first-order chi connectivity index (χ1) is 12.7. The monoisotopic (exact) mass is 348 g/mol. The van der Waals surface area contributed by atoms with Gasteiger partial charge in [0.1, 0.15) is 6.10 Å². The Morgan fingerprint density at radius 1 is 1.12 bits per heavy atom. The van der Waals surface area contributed by atoms with Crippen LogP contribution in [0.3, 0.4) is 0 Å². The fourth-order valence-electron chi connectivity index (χ4n) is 3.18. The molecule has 0 aliphatic carbocycles. The van der Waals surface area contributed by atoms with E-state index in [2.05, 4.69) is 22.0 Å². The maximum atomic E-state index is 12.5. The minimum Gasteiger partial charge on any atom is -0.370 e. The third-order valence-corrected chi connectivity index (χ3v) is 4.61. The molecule has 0 saturated carbocycles. The van der Waals surface area contributed by atoms with Crippen molar-refractivity contribution in [1.29, 1.82) is 0 Å². The second-order valence-electron chi connectivity index (χ2n) is 6.29. The fourth-order valence-corrected chi connectivity index (χ4v) is 3.18. The standard InChI is InChI=1S/C20H20N4O2/c1-23-19(25)13-17(15-7-9-21-10-8-15)22-20(23)24-11-12-26-18(14-24)16-5-3-2-4-6-16/h2-10,13,18H,11-12,14H2,1H3/t18-/m1/s1. The first-order valence-corrected chi connectivity index (χ1v) is 8.62. The molecule has 2 aromatic heterocycles. The molecule has 26 heavy (non-hydrogen) atoms. The van der Waals surface area contributed by atoms with E-state index in [-0.39, 0.29) is 11.7 Å². The number of benzene rings is 1. The van der Waals surface area contributed by atoms with E-state index in [1.807, 2.05) is 30.3 Å². The Hall–Kier alpha value is -2.99. The van der Waals surface area contributed by atoms with E-state index < -0.39 is 0 Å². The molecule has 0 amide bonds. The molecule has 6 nitrogen and oxygen atoms in total. The van der Waals surface area contributed by atoms with Gasteiger partial charge in [0, 0.05) is 37.6 Å². The molecule has 4 rings (SSSR count). The number of nitrogens with zero attached hydrogens (tertiary/aromatic N) is 4. The van der Waals surface area contributed by atoms with E-state index in [1.165, 1.54) is 0 Å². The zero-order valence-electron chi connectivity index (χ0n) is 14.6. The predicted molar refractivity (Wildman–Crippen MR) is 100 cm³/mol. The van der Waals surface area contributed by atoms with Crippen molar-refractivity contribution in [3.63, 3.8) is 0 Å². The van der Waals surface area contributed by atoms with Gasteiger partial charge < -0.3 is 9.64 Å². The summed E-state index contributed by atoms with van der Waals surface area (Å²) >= 11 is 0. The van der Waals surface area contributed by atoms with E-state index in [4.69, 9.17) is 9.72 Å². The lowest BCUT2D eigenvalue weighted by atomic mass is 10.1. The summed E-state index contributed by atoms with van der Waals surface area (Å²) < 4.78 is 7.53. The van der Waals surface area contributed by atoms with Crippen LogP contribution in [0.25, 0.3) is 11.3 Å². The van der Waals surface area contributed by atoms with Gasteiger partial charge in [-0.05, 0) is 17.7 Å². The van der Waals surface area contributed by atoms with Crippen LogP contribution in [0.5, 0.6) is 0 Å². The van der Waals surface area contributed by atoms with Crippen molar-refractivity contribution in [2.45, 2.75) is 6.10 Å². The Kier molecular flexibility index (Phi) is 4.50. The smallest absolute Gasteiger partial charge is 0.255 e. The molecule has 1 aliphatic heterocycles. The van der Waals surface area contributed by atoms with E-state index in [9.17, 15) is 4.79 Å². The highest BCUT2D eigenvalue weighted by molar-refractivity contribution is 5.59. The normalized spacial score (nSPS) is 17.3. The Morgan fingerprint density at radius 2 is 1.88 bits per heavy atom. The third-order valence-electron chi connectivity index (χ3n) is 4.61. The molecule has 1 saturated heterocycles. The Morgan fingerprint density at radius 3 is 2.65 bits per heavy atom. The van der Waals surface area contributed by atoms with Crippen LogP contribution in [0.4, 0.5) is 5.95 Å². The summed E-state index contributed by atoms with van der Waals surface area (Å²) in [5, 5.41) is 0. The van der Waals surface area contributed by atoms with Crippen LogP contribution in [0.15, 0.2) is 65.7 Å². The van der Waals surface area contributed by atoms with Gasteiger partial charge in [0.15, 0.2) is 0 Å². The summed E-state index contributed by atoms with van der Waals surface area (Å²) in [6, 6.07) is 15.4. The number of aromatic nitrogens is 3. The number of ether oxygens (including phenoxy) is 1. The summed E-state index contributed by atoms with van der Waals surface area (Å²) in [4.78, 5) is 23.4. The largest absolute Gasteiger partial charge is 0.370 e. The zero-order chi connectivity index (χ0) is 17.9. The molecule has 1 fully saturated rings. The molecule has 0 N–H and O–H groups in total. The summed E-state index contributed by atoms with van der Waals surface area (Å²) in [6.45, 7) is 1.95. The van der Waals surface area contributed by atoms with Crippen LogP contribution in [-0.4, -0.2) is 34.2 Å². The van der Waals surface area contributed by atoms with Gasteiger partial charge in [0.05, 0.1) is 18.8 Å². The van der Waals surface area contributed by atoms with Crippen molar-refractivity contribution in [3.05, 3.63) is 76.8 Å². The average molecular weight is 348 g/mol. The van der Waals surface area contributed by atoms with Gasteiger partial charge in [-0.3, -0.25) is 14.3 Å². The maximum absolute atomic E-state index is 12.5. The SMILES string of the molecule is Cn1c(N2CCO[C@@H](c3ccccc3)C2)nc(-c2ccncc2)cc1=O. The molecule has 1 atom stereocenters. The van der Waals surface area contributed by atoms with E-state index >= 15 is 0 Å². The summed E-state index contributed by atoms with van der Waals surface area (Å²) in [7, 11) is 1.76. The molecule has 0 bridgehead atoms. The number of rotatable bonds is 3. The van der Waals surface area contributed by atoms with Crippen LogP contribution < -0.4 is 10.5 Å². The van der Waals surface area contributed by atoms with E-state index in [0.717, 1.165) is 11.1 Å². The molecule has 1 aliphatic rings. The van der Waals surface area contributed by atoms with Crippen LogP contribution in [-0.2, 0) is 11.8 Å². The quantitative estimate of drug-likeness (QED) is 0.727. The van der Waals surface area contributed by atoms with E-state index in [1.54, 1.807) is 30.1 Å². The lowest BCUT2D eigenvalue weighted by Crippen LogP contribution is -2.41. The molecule has 0 spiro atoms. The van der Waals surface area contributed by atoms with Crippen molar-refractivity contribution in [2.75, 3.05) is 24.6 Å². The van der Waals surface area contributed by atoms with Crippen LogP contribution in [0.1, 0.15) is 11.7 Å². The topological polar surface area (TPSA) is 60.2 Å². The number of anilines is 1. The minimum atomic E-state index is -0.0791. The van der Waals surface area contributed by atoms with Crippen molar-refractivity contribution in [2.24, 2.45) is 7.05 Å². The highest BCUT2D eigenvalue weighted by Gasteiger charge is 2.25. The Balaban J connectivity index is 1.68. The number of hydrogen-bond acceptors (Lipinski definition) is 5. The summed E-state index contributed by atoms with van der Waals surface area (Å²) in [5.41, 5.74) is 2.59. The van der Waals surface area contributed by atoms with Gasteiger partial charge >= 0.3 is 0 Å². The molecule has 1 aromatic carbocycles. The second-order valence-corrected chi connectivity index (χ2v) is 6.29. The number of morpholine rings is 1. The van der Waals surface area contributed by atoms with Crippen LogP contribution in [0.2, 0.25) is 0 Å². The number of hydrogen-bond donors (Lipinski definition) is 0. The molecule has 0 radical (unpaired) electrons.